The van der Waals surface area contributed by atoms with Gasteiger partial charge >= 0.3 is 0 Å². The van der Waals surface area contributed by atoms with Crippen LogP contribution in [0.3, 0.4) is 0 Å². The fourth-order valence-corrected chi connectivity index (χ4v) is 3.36. The average Bonchev–Trinajstić information content (AvgIpc) is 3.02. The molecule has 1 N–H and O–H groups in total. The number of anilines is 2. The molecule has 2 aromatic heterocycles. The Bertz CT molecular complexity index is 892. The molecular weight excluding hydrogens is 312 g/mol. The van der Waals surface area contributed by atoms with Gasteiger partial charge in [-0.15, -0.1) is 0 Å². The van der Waals surface area contributed by atoms with Crippen LogP contribution in [0, 0.1) is 6.92 Å². The lowest BCUT2D eigenvalue weighted by Gasteiger charge is -2.28. The SMILES string of the molecule is Cc1cn2cc(C(=O)Nc3ccc(N4CCCCC4)cc3)ccc2n1. The first-order valence-corrected chi connectivity index (χ1v) is 8.81. The van der Waals surface area contributed by atoms with Crippen LogP contribution in [-0.4, -0.2) is 28.4 Å². The minimum atomic E-state index is -0.112. The molecule has 0 radical (unpaired) electrons. The number of amides is 1. The molecule has 1 amide bonds. The molecule has 5 nitrogen and oxygen atoms in total. The van der Waals surface area contributed by atoms with Crippen molar-refractivity contribution >= 4 is 22.9 Å². The number of aryl methyl sites for hydroxylation is 1. The molecule has 0 aliphatic carbocycles. The van der Waals surface area contributed by atoms with Gasteiger partial charge in [-0.1, -0.05) is 0 Å². The highest BCUT2D eigenvalue weighted by Gasteiger charge is 2.12. The fourth-order valence-electron chi connectivity index (χ4n) is 3.36. The normalized spacial score (nSPS) is 14.7. The van der Waals surface area contributed by atoms with E-state index in [2.05, 4.69) is 27.3 Å². The van der Waals surface area contributed by atoms with Crippen molar-refractivity contribution in [2.24, 2.45) is 0 Å². The third-order valence-corrected chi connectivity index (χ3v) is 4.68. The van der Waals surface area contributed by atoms with Gasteiger partial charge < -0.3 is 14.6 Å². The number of carbonyl (C=O) groups excluding carboxylic acids is 1. The number of hydrogen-bond donors (Lipinski definition) is 1. The van der Waals surface area contributed by atoms with Crippen molar-refractivity contribution in [3.05, 3.63) is 60.0 Å². The van der Waals surface area contributed by atoms with Crippen LogP contribution in [0.25, 0.3) is 5.65 Å². The van der Waals surface area contributed by atoms with Crippen LogP contribution in [0.2, 0.25) is 0 Å². The zero-order valence-corrected chi connectivity index (χ0v) is 14.4. The summed E-state index contributed by atoms with van der Waals surface area (Å²) >= 11 is 0. The topological polar surface area (TPSA) is 49.6 Å². The second-order valence-electron chi connectivity index (χ2n) is 6.61. The molecule has 1 aliphatic heterocycles. The van der Waals surface area contributed by atoms with E-state index in [-0.39, 0.29) is 5.91 Å². The largest absolute Gasteiger partial charge is 0.372 e. The first-order chi connectivity index (χ1) is 12.2. The van der Waals surface area contributed by atoms with E-state index in [9.17, 15) is 4.79 Å². The van der Waals surface area contributed by atoms with Crippen molar-refractivity contribution < 1.29 is 4.79 Å². The molecule has 4 rings (SSSR count). The molecule has 1 saturated heterocycles. The van der Waals surface area contributed by atoms with Gasteiger partial charge in [0, 0.05) is 36.9 Å². The Hall–Kier alpha value is -2.82. The summed E-state index contributed by atoms with van der Waals surface area (Å²) in [5, 5.41) is 2.97. The third-order valence-electron chi connectivity index (χ3n) is 4.68. The van der Waals surface area contributed by atoms with Crippen LogP contribution >= 0.6 is 0 Å². The number of nitrogens with one attached hydrogen (secondary N) is 1. The molecule has 3 aromatic rings. The van der Waals surface area contributed by atoms with Gasteiger partial charge in [0.1, 0.15) is 5.65 Å². The zero-order chi connectivity index (χ0) is 17.2. The number of benzene rings is 1. The monoisotopic (exact) mass is 334 g/mol. The Morgan fingerprint density at radius 2 is 1.76 bits per heavy atom. The number of pyridine rings is 1. The number of imidazole rings is 1. The van der Waals surface area contributed by atoms with Crippen LogP contribution < -0.4 is 10.2 Å². The molecule has 0 saturated carbocycles. The maximum Gasteiger partial charge on any atom is 0.257 e. The first-order valence-electron chi connectivity index (χ1n) is 8.81. The van der Waals surface area contributed by atoms with Gasteiger partial charge in [0.15, 0.2) is 0 Å². The van der Waals surface area contributed by atoms with Gasteiger partial charge in [-0.25, -0.2) is 4.98 Å². The van der Waals surface area contributed by atoms with Crippen molar-refractivity contribution in [1.29, 1.82) is 0 Å². The molecular formula is C20H22N4O. The Balaban J connectivity index is 1.47. The number of fused-ring (bicyclic) bond motifs is 1. The Morgan fingerprint density at radius 1 is 1.00 bits per heavy atom. The van der Waals surface area contributed by atoms with Crippen molar-refractivity contribution in [2.45, 2.75) is 26.2 Å². The summed E-state index contributed by atoms with van der Waals surface area (Å²) in [4.78, 5) is 19.3. The van der Waals surface area contributed by atoms with Gasteiger partial charge in [0.25, 0.3) is 5.91 Å². The quantitative estimate of drug-likeness (QED) is 0.791. The fraction of sp³-hybridized carbons (Fsp3) is 0.300. The lowest BCUT2D eigenvalue weighted by Crippen LogP contribution is -2.29. The smallest absolute Gasteiger partial charge is 0.257 e. The highest BCUT2D eigenvalue weighted by Crippen LogP contribution is 2.22. The standard InChI is InChI=1S/C20H22N4O/c1-15-13-24-14-16(5-10-19(24)21-15)20(25)22-17-6-8-18(9-7-17)23-11-3-2-4-12-23/h5-10,13-14H,2-4,11-12H2,1H3,(H,22,25). The summed E-state index contributed by atoms with van der Waals surface area (Å²) in [5.41, 5.74) is 4.44. The van der Waals surface area contributed by atoms with Crippen molar-refractivity contribution in [2.75, 3.05) is 23.3 Å². The molecule has 1 aliphatic rings. The van der Waals surface area contributed by atoms with Crippen LogP contribution in [0.5, 0.6) is 0 Å². The van der Waals surface area contributed by atoms with Crippen molar-refractivity contribution in [3.8, 4) is 0 Å². The maximum absolute atomic E-state index is 12.5. The summed E-state index contributed by atoms with van der Waals surface area (Å²) in [7, 11) is 0. The van der Waals surface area contributed by atoms with E-state index < -0.39 is 0 Å². The highest BCUT2D eigenvalue weighted by molar-refractivity contribution is 6.04. The number of hydrogen-bond acceptors (Lipinski definition) is 3. The number of nitrogens with zero attached hydrogens (tertiary/aromatic N) is 3. The van der Waals surface area contributed by atoms with Crippen molar-refractivity contribution in [3.63, 3.8) is 0 Å². The van der Waals surface area contributed by atoms with Crippen LogP contribution in [0.1, 0.15) is 35.3 Å². The molecule has 3 heterocycles. The molecule has 5 heteroatoms. The Labute approximate surface area is 147 Å². The minimum Gasteiger partial charge on any atom is -0.372 e. The lowest BCUT2D eigenvalue weighted by atomic mass is 10.1. The predicted molar refractivity (Wildman–Crippen MR) is 100 cm³/mol. The molecule has 0 bridgehead atoms. The summed E-state index contributed by atoms with van der Waals surface area (Å²) < 4.78 is 1.88. The number of aromatic nitrogens is 2. The van der Waals surface area contributed by atoms with Gasteiger partial charge in [-0.05, 0) is 62.6 Å². The summed E-state index contributed by atoms with van der Waals surface area (Å²) in [6.45, 7) is 4.18. The second kappa shape index (κ2) is 6.59. The highest BCUT2D eigenvalue weighted by atomic mass is 16.1. The van der Waals surface area contributed by atoms with Crippen LogP contribution in [0.4, 0.5) is 11.4 Å². The van der Waals surface area contributed by atoms with Crippen molar-refractivity contribution in [1.82, 2.24) is 9.38 Å². The zero-order valence-electron chi connectivity index (χ0n) is 14.4. The van der Waals surface area contributed by atoms with Crippen LogP contribution in [0.15, 0.2) is 48.8 Å². The number of rotatable bonds is 3. The predicted octanol–water partition coefficient (Wildman–Crippen LogP) is 3.89. The lowest BCUT2D eigenvalue weighted by molar-refractivity contribution is 0.102. The molecule has 1 aromatic carbocycles. The van der Waals surface area contributed by atoms with E-state index in [1.54, 1.807) is 6.07 Å². The van der Waals surface area contributed by atoms with Gasteiger partial charge in [-0.2, -0.15) is 0 Å². The van der Waals surface area contributed by atoms with Crippen LogP contribution in [-0.2, 0) is 0 Å². The van der Waals surface area contributed by atoms with E-state index >= 15 is 0 Å². The van der Waals surface area contributed by atoms with E-state index in [0.717, 1.165) is 30.1 Å². The molecule has 0 atom stereocenters. The van der Waals surface area contributed by atoms with Gasteiger partial charge in [0.2, 0.25) is 0 Å². The van der Waals surface area contributed by atoms with E-state index in [1.807, 2.05) is 41.9 Å². The van der Waals surface area contributed by atoms with Gasteiger partial charge in [0.05, 0.1) is 11.3 Å². The third kappa shape index (κ3) is 3.36. The minimum absolute atomic E-state index is 0.112. The molecule has 128 valence electrons. The summed E-state index contributed by atoms with van der Waals surface area (Å²) in [5.74, 6) is -0.112. The van der Waals surface area contributed by atoms with E-state index in [4.69, 9.17) is 0 Å². The maximum atomic E-state index is 12.5. The first kappa shape index (κ1) is 15.7. The Morgan fingerprint density at radius 3 is 2.52 bits per heavy atom. The number of piperidine rings is 1. The van der Waals surface area contributed by atoms with Gasteiger partial charge in [-0.3, -0.25) is 4.79 Å². The average molecular weight is 334 g/mol. The molecule has 1 fully saturated rings. The summed E-state index contributed by atoms with van der Waals surface area (Å²) in [6, 6.07) is 11.8. The second-order valence-corrected chi connectivity index (χ2v) is 6.61. The molecule has 0 unspecified atom stereocenters. The Kier molecular flexibility index (Phi) is 4.14. The van der Waals surface area contributed by atoms with E-state index in [1.165, 1.54) is 24.9 Å². The molecule has 0 spiro atoms. The molecule has 25 heavy (non-hydrogen) atoms. The summed E-state index contributed by atoms with van der Waals surface area (Å²) in [6.07, 6.45) is 7.57. The van der Waals surface area contributed by atoms with E-state index in [0.29, 0.717) is 5.56 Å². The number of carbonyl (C=O) groups is 1.